The number of unbranched alkanes of at least 4 members (excludes halogenated alkanes) is 1. The van der Waals surface area contributed by atoms with E-state index in [1.165, 1.54) is 19.3 Å². The van der Waals surface area contributed by atoms with Crippen molar-refractivity contribution in [1.82, 2.24) is 9.55 Å². The number of hydrogen-bond acceptors (Lipinski definition) is 2. The van der Waals surface area contributed by atoms with Crippen LogP contribution in [0.15, 0.2) is 12.5 Å². The van der Waals surface area contributed by atoms with Gasteiger partial charge in [-0.3, -0.25) is 0 Å². The minimum absolute atomic E-state index is 0.0811. The van der Waals surface area contributed by atoms with E-state index in [4.69, 9.17) is 5.73 Å². The van der Waals surface area contributed by atoms with Crippen molar-refractivity contribution in [3.05, 3.63) is 18.2 Å². The Bertz CT molecular complexity index is 276. The van der Waals surface area contributed by atoms with Crippen LogP contribution in [0.5, 0.6) is 0 Å². The van der Waals surface area contributed by atoms with Crippen LogP contribution >= 0.6 is 0 Å². The Morgan fingerprint density at radius 3 is 2.67 bits per heavy atom. The number of aromatic nitrogens is 2. The first-order valence-corrected chi connectivity index (χ1v) is 5.87. The molecule has 1 heterocycles. The van der Waals surface area contributed by atoms with Gasteiger partial charge in [-0.2, -0.15) is 0 Å². The average Bonchev–Trinajstić information content (AvgIpc) is 2.60. The third-order valence-electron chi connectivity index (χ3n) is 2.64. The summed E-state index contributed by atoms with van der Waals surface area (Å²) in [4.78, 5) is 4.14. The molecule has 0 saturated heterocycles. The Morgan fingerprint density at radius 2 is 2.07 bits per heavy atom. The highest BCUT2D eigenvalue weighted by atomic mass is 15.1. The summed E-state index contributed by atoms with van der Waals surface area (Å²) in [5, 5.41) is 0. The molecule has 1 aromatic rings. The van der Waals surface area contributed by atoms with Gasteiger partial charge in [0.25, 0.3) is 0 Å². The number of nitrogens with zero attached hydrogens (tertiary/aromatic N) is 2. The molecule has 15 heavy (non-hydrogen) atoms. The minimum Gasteiger partial charge on any atom is -0.333 e. The predicted molar refractivity (Wildman–Crippen MR) is 63.5 cm³/mol. The molecule has 0 fully saturated rings. The normalized spacial score (nSPS) is 13.4. The fourth-order valence-electron chi connectivity index (χ4n) is 1.73. The molecule has 3 heteroatoms. The molecular formula is C12H23N3. The summed E-state index contributed by atoms with van der Waals surface area (Å²) in [6.45, 7) is 7.58. The lowest BCUT2D eigenvalue weighted by molar-refractivity contribution is 0.500. The Balaban J connectivity index is 2.34. The third-order valence-corrected chi connectivity index (χ3v) is 2.64. The monoisotopic (exact) mass is 209 g/mol. The fraction of sp³-hybridized carbons (Fsp3) is 0.750. The predicted octanol–water partition coefficient (Wildman–Crippen LogP) is 2.73. The zero-order chi connectivity index (χ0) is 11.3. The van der Waals surface area contributed by atoms with E-state index in [2.05, 4.69) is 23.4 Å². The highest BCUT2D eigenvalue weighted by Crippen LogP contribution is 2.12. The van der Waals surface area contributed by atoms with E-state index in [1.807, 2.05) is 19.4 Å². The number of aryl methyl sites for hydroxylation is 1. The molecule has 0 unspecified atom stereocenters. The molecule has 0 radical (unpaired) electrons. The number of hydrogen-bond donors (Lipinski definition) is 1. The summed E-state index contributed by atoms with van der Waals surface area (Å²) in [5.41, 5.74) is 6.99. The minimum atomic E-state index is 0.0811. The van der Waals surface area contributed by atoms with Gasteiger partial charge in [0.15, 0.2) is 0 Å². The average molecular weight is 209 g/mol. The lowest BCUT2D eigenvalue weighted by atomic mass is 10.1. The van der Waals surface area contributed by atoms with Gasteiger partial charge in [0.1, 0.15) is 0 Å². The van der Waals surface area contributed by atoms with E-state index < -0.39 is 0 Å². The highest BCUT2D eigenvalue weighted by Gasteiger charge is 2.05. The van der Waals surface area contributed by atoms with Gasteiger partial charge in [0, 0.05) is 18.8 Å². The van der Waals surface area contributed by atoms with Crippen molar-refractivity contribution in [2.75, 3.05) is 0 Å². The standard InChI is InChI=1S/C12H23N3/c1-10(2)6-4-5-7-15-9-14-8-12(15)11(3)13/h8-11H,4-7,13H2,1-3H3/t11-/m1/s1. The van der Waals surface area contributed by atoms with Gasteiger partial charge in [0.2, 0.25) is 0 Å². The SMILES string of the molecule is CC(C)CCCCn1cncc1[C@@H](C)N. The van der Waals surface area contributed by atoms with Crippen LogP contribution < -0.4 is 5.73 Å². The molecule has 0 aromatic carbocycles. The number of rotatable bonds is 6. The van der Waals surface area contributed by atoms with Crippen molar-refractivity contribution in [1.29, 1.82) is 0 Å². The first-order chi connectivity index (χ1) is 7.11. The molecule has 0 aliphatic carbocycles. The van der Waals surface area contributed by atoms with Crippen LogP contribution in [-0.2, 0) is 6.54 Å². The molecule has 0 spiro atoms. The van der Waals surface area contributed by atoms with E-state index >= 15 is 0 Å². The van der Waals surface area contributed by atoms with Crippen molar-refractivity contribution >= 4 is 0 Å². The molecule has 2 N–H and O–H groups in total. The third kappa shape index (κ3) is 4.04. The highest BCUT2D eigenvalue weighted by molar-refractivity contribution is 5.02. The second kappa shape index (κ2) is 5.91. The van der Waals surface area contributed by atoms with E-state index in [0.29, 0.717) is 0 Å². The van der Waals surface area contributed by atoms with Crippen molar-refractivity contribution in [2.24, 2.45) is 11.7 Å². The maximum absolute atomic E-state index is 5.85. The fourth-order valence-corrected chi connectivity index (χ4v) is 1.73. The second-order valence-corrected chi connectivity index (χ2v) is 4.69. The van der Waals surface area contributed by atoms with E-state index in [1.54, 1.807) is 0 Å². The molecule has 0 aliphatic rings. The topological polar surface area (TPSA) is 43.8 Å². The van der Waals surface area contributed by atoms with Gasteiger partial charge < -0.3 is 10.3 Å². The summed E-state index contributed by atoms with van der Waals surface area (Å²) in [6, 6.07) is 0.0811. The van der Waals surface area contributed by atoms with Gasteiger partial charge in [0.05, 0.1) is 12.0 Å². The molecule has 0 saturated carbocycles. The van der Waals surface area contributed by atoms with Crippen LogP contribution in [-0.4, -0.2) is 9.55 Å². The molecule has 86 valence electrons. The zero-order valence-corrected chi connectivity index (χ0v) is 10.1. The lowest BCUT2D eigenvalue weighted by Gasteiger charge is -2.11. The lowest BCUT2D eigenvalue weighted by Crippen LogP contribution is -2.11. The smallest absolute Gasteiger partial charge is 0.0948 e. The van der Waals surface area contributed by atoms with Gasteiger partial charge in [-0.1, -0.05) is 26.7 Å². The van der Waals surface area contributed by atoms with Gasteiger partial charge in [-0.05, 0) is 19.3 Å². The summed E-state index contributed by atoms with van der Waals surface area (Å²) in [7, 11) is 0. The van der Waals surface area contributed by atoms with E-state index in [9.17, 15) is 0 Å². The van der Waals surface area contributed by atoms with Crippen LogP contribution in [0.4, 0.5) is 0 Å². The molecule has 1 rings (SSSR count). The summed E-state index contributed by atoms with van der Waals surface area (Å²) in [6.07, 6.45) is 7.56. The molecular weight excluding hydrogens is 186 g/mol. The number of nitrogens with two attached hydrogens (primary N) is 1. The maximum Gasteiger partial charge on any atom is 0.0948 e. The molecule has 1 aromatic heterocycles. The molecule has 1 atom stereocenters. The first kappa shape index (κ1) is 12.2. The van der Waals surface area contributed by atoms with E-state index in [-0.39, 0.29) is 6.04 Å². The summed E-state index contributed by atoms with van der Waals surface area (Å²) >= 11 is 0. The van der Waals surface area contributed by atoms with Crippen LogP contribution in [0.3, 0.4) is 0 Å². The van der Waals surface area contributed by atoms with Crippen LogP contribution in [0.25, 0.3) is 0 Å². The molecule has 0 bridgehead atoms. The summed E-state index contributed by atoms with van der Waals surface area (Å²) in [5.74, 6) is 0.806. The van der Waals surface area contributed by atoms with Crippen LogP contribution in [0.1, 0.15) is 51.8 Å². The van der Waals surface area contributed by atoms with E-state index in [0.717, 1.165) is 18.2 Å². The van der Waals surface area contributed by atoms with Crippen molar-refractivity contribution in [2.45, 2.75) is 52.6 Å². The Hall–Kier alpha value is -0.830. The quantitative estimate of drug-likeness (QED) is 0.732. The largest absolute Gasteiger partial charge is 0.333 e. The van der Waals surface area contributed by atoms with Crippen molar-refractivity contribution < 1.29 is 0 Å². The van der Waals surface area contributed by atoms with Gasteiger partial charge in [-0.15, -0.1) is 0 Å². The van der Waals surface area contributed by atoms with Gasteiger partial charge >= 0.3 is 0 Å². The van der Waals surface area contributed by atoms with Crippen LogP contribution in [0.2, 0.25) is 0 Å². The van der Waals surface area contributed by atoms with Crippen molar-refractivity contribution in [3.63, 3.8) is 0 Å². The van der Waals surface area contributed by atoms with Gasteiger partial charge in [-0.25, -0.2) is 4.98 Å². The Kier molecular flexibility index (Phi) is 4.82. The number of imidazole rings is 1. The Morgan fingerprint density at radius 1 is 1.33 bits per heavy atom. The molecule has 3 nitrogen and oxygen atoms in total. The molecule has 0 amide bonds. The summed E-state index contributed by atoms with van der Waals surface area (Å²) < 4.78 is 2.17. The zero-order valence-electron chi connectivity index (χ0n) is 10.1. The van der Waals surface area contributed by atoms with Crippen molar-refractivity contribution in [3.8, 4) is 0 Å². The second-order valence-electron chi connectivity index (χ2n) is 4.69. The Labute approximate surface area is 92.7 Å². The molecule has 0 aliphatic heterocycles. The maximum atomic E-state index is 5.85. The van der Waals surface area contributed by atoms with Crippen LogP contribution in [0, 0.1) is 5.92 Å². The first-order valence-electron chi connectivity index (χ1n) is 5.87.